The van der Waals surface area contributed by atoms with Gasteiger partial charge >= 0.3 is 0 Å². The number of ether oxygens (including phenoxy) is 1. The molecule has 2 aliphatic carbocycles. The van der Waals surface area contributed by atoms with Crippen molar-refractivity contribution < 1.29 is 9.53 Å². The fraction of sp³-hybridized carbons (Fsp3) is 0.684. The minimum atomic E-state index is -0.390. The minimum absolute atomic E-state index is 0.153. The first kappa shape index (κ1) is 17.2. The Morgan fingerprint density at radius 2 is 2.21 bits per heavy atom. The number of amides is 1. The molecule has 1 aromatic heterocycles. The molecule has 2 fully saturated rings. The van der Waals surface area contributed by atoms with Crippen LogP contribution in [0.25, 0.3) is 0 Å². The number of carbonyl (C=O) groups is 1. The monoisotopic (exact) mass is 331 g/mol. The van der Waals surface area contributed by atoms with E-state index in [1.165, 1.54) is 18.4 Å². The lowest BCUT2D eigenvalue weighted by atomic mass is 10.1. The van der Waals surface area contributed by atoms with Gasteiger partial charge in [-0.15, -0.1) is 0 Å². The number of hydrogen-bond donors (Lipinski definition) is 2. The van der Waals surface area contributed by atoms with E-state index in [1.54, 1.807) is 6.20 Å². The SMILES string of the molecule is CCNCC1C[C@@H]1C(=O)NC(C)(C)COc1cnccc1C1CC1. The number of hydrogen-bond acceptors (Lipinski definition) is 4. The number of pyridine rings is 1. The summed E-state index contributed by atoms with van der Waals surface area (Å²) in [4.78, 5) is 16.6. The van der Waals surface area contributed by atoms with Gasteiger partial charge in [-0.2, -0.15) is 0 Å². The highest BCUT2D eigenvalue weighted by Crippen LogP contribution is 2.44. The van der Waals surface area contributed by atoms with Crippen molar-refractivity contribution in [3.05, 3.63) is 24.0 Å². The van der Waals surface area contributed by atoms with E-state index in [2.05, 4.69) is 22.5 Å². The first-order valence-electron chi connectivity index (χ1n) is 9.09. The van der Waals surface area contributed by atoms with Crippen LogP contribution in [-0.4, -0.2) is 36.1 Å². The van der Waals surface area contributed by atoms with Crippen molar-refractivity contribution in [1.82, 2.24) is 15.6 Å². The van der Waals surface area contributed by atoms with Crippen LogP contribution >= 0.6 is 0 Å². The van der Waals surface area contributed by atoms with Gasteiger partial charge in [0, 0.05) is 17.7 Å². The average molecular weight is 331 g/mol. The molecule has 0 aliphatic heterocycles. The van der Waals surface area contributed by atoms with E-state index < -0.39 is 0 Å². The maximum atomic E-state index is 12.4. The van der Waals surface area contributed by atoms with Gasteiger partial charge in [-0.3, -0.25) is 9.78 Å². The zero-order chi connectivity index (χ0) is 17.2. The molecule has 2 atom stereocenters. The van der Waals surface area contributed by atoms with Gasteiger partial charge in [-0.1, -0.05) is 6.92 Å². The highest BCUT2D eigenvalue weighted by molar-refractivity contribution is 5.82. The molecule has 2 saturated carbocycles. The third-order valence-corrected chi connectivity index (χ3v) is 4.80. The summed E-state index contributed by atoms with van der Waals surface area (Å²) in [7, 11) is 0. The van der Waals surface area contributed by atoms with E-state index in [0.29, 0.717) is 18.4 Å². The molecular formula is C19H29N3O2. The van der Waals surface area contributed by atoms with E-state index in [9.17, 15) is 4.79 Å². The molecule has 1 aromatic rings. The summed E-state index contributed by atoms with van der Waals surface area (Å²) >= 11 is 0. The molecule has 0 spiro atoms. The highest BCUT2D eigenvalue weighted by Gasteiger charge is 2.43. The van der Waals surface area contributed by atoms with Crippen LogP contribution in [0.5, 0.6) is 5.75 Å². The molecular weight excluding hydrogens is 302 g/mol. The smallest absolute Gasteiger partial charge is 0.223 e. The van der Waals surface area contributed by atoms with E-state index in [0.717, 1.165) is 25.3 Å². The van der Waals surface area contributed by atoms with Gasteiger partial charge < -0.3 is 15.4 Å². The standard InChI is InChI=1S/C19H29N3O2/c1-4-20-10-14-9-16(14)18(23)22-19(2,3)12-24-17-11-21-8-7-15(17)13-5-6-13/h7-8,11,13-14,16,20H,4-6,9-10,12H2,1-3H3,(H,22,23)/t14?,16-/m0/s1. The Morgan fingerprint density at radius 3 is 2.92 bits per heavy atom. The van der Waals surface area contributed by atoms with Crippen molar-refractivity contribution in [3.8, 4) is 5.75 Å². The summed E-state index contributed by atoms with van der Waals surface area (Å²) in [5.74, 6) is 2.28. The van der Waals surface area contributed by atoms with Gasteiger partial charge in [0.1, 0.15) is 12.4 Å². The summed E-state index contributed by atoms with van der Waals surface area (Å²) in [6, 6.07) is 2.05. The first-order chi connectivity index (χ1) is 11.5. The molecule has 5 heteroatoms. The summed E-state index contributed by atoms with van der Waals surface area (Å²) in [5.41, 5.74) is 0.860. The summed E-state index contributed by atoms with van der Waals surface area (Å²) in [6.07, 6.45) is 7.07. The van der Waals surface area contributed by atoms with Gasteiger partial charge in [-0.05, 0) is 64.1 Å². The zero-order valence-corrected chi connectivity index (χ0v) is 15.0. The lowest BCUT2D eigenvalue weighted by Gasteiger charge is -2.27. The van der Waals surface area contributed by atoms with Crippen LogP contribution in [0.3, 0.4) is 0 Å². The third kappa shape index (κ3) is 4.47. The molecule has 5 nitrogen and oxygen atoms in total. The molecule has 3 rings (SSSR count). The molecule has 2 aliphatic rings. The number of aromatic nitrogens is 1. The van der Waals surface area contributed by atoms with Gasteiger partial charge in [0.15, 0.2) is 0 Å². The maximum Gasteiger partial charge on any atom is 0.223 e. The molecule has 1 heterocycles. The molecule has 0 radical (unpaired) electrons. The number of rotatable bonds is 9. The second-order valence-electron chi connectivity index (χ2n) is 7.76. The maximum absolute atomic E-state index is 12.4. The molecule has 0 bridgehead atoms. The first-order valence-corrected chi connectivity index (χ1v) is 9.09. The van der Waals surface area contributed by atoms with Gasteiger partial charge in [0.25, 0.3) is 0 Å². The van der Waals surface area contributed by atoms with Crippen LogP contribution < -0.4 is 15.4 Å². The second-order valence-corrected chi connectivity index (χ2v) is 7.76. The summed E-state index contributed by atoms with van der Waals surface area (Å²) < 4.78 is 6.01. The fourth-order valence-electron chi connectivity index (χ4n) is 3.09. The van der Waals surface area contributed by atoms with Crippen molar-refractivity contribution in [2.75, 3.05) is 19.7 Å². The van der Waals surface area contributed by atoms with Crippen molar-refractivity contribution in [2.45, 2.75) is 51.5 Å². The molecule has 1 amide bonds. The fourth-order valence-corrected chi connectivity index (χ4v) is 3.09. The molecule has 132 valence electrons. The Balaban J connectivity index is 1.49. The molecule has 0 aromatic carbocycles. The van der Waals surface area contributed by atoms with Crippen molar-refractivity contribution in [1.29, 1.82) is 0 Å². The van der Waals surface area contributed by atoms with Gasteiger partial charge in [0.05, 0.1) is 11.7 Å². The minimum Gasteiger partial charge on any atom is -0.489 e. The summed E-state index contributed by atoms with van der Waals surface area (Å²) in [5, 5.41) is 6.46. The quantitative estimate of drug-likeness (QED) is 0.730. The topological polar surface area (TPSA) is 63.2 Å². The Kier molecular flexibility index (Phi) is 5.09. The van der Waals surface area contributed by atoms with Crippen LogP contribution in [0.15, 0.2) is 18.5 Å². The lowest BCUT2D eigenvalue weighted by molar-refractivity contribution is -0.124. The second kappa shape index (κ2) is 7.09. The highest BCUT2D eigenvalue weighted by atomic mass is 16.5. The molecule has 24 heavy (non-hydrogen) atoms. The normalized spacial score (nSPS) is 23.0. The Labute approximate surface area is 144 Å². The Bertz CT molecular complexity index is 584. The van der Waals surface area contributed by atoms with E-state index in [1.807, 2.05) is 26.1 Å². The van der Waals surface area contributed by atoms with Crippen LogP contribution in [0.4, 0.5) is 0 Å². The number of carbonyl (C=O) groups excluding carboxylic acids is 1. The van der Waals surface area contributed by atoms with Crippen molar-refractivity contribution in [2.24, 2.45) is 11.8 Å². The zero-order valence-electron chi connectivity index (χ0n) is 15.0. The number of nitrogens with one attached hydrogen (secondary N) is 2. The Morgan fingerprint density at radius 1 is 1.42 bits per heavy atom. The third-order valence-electron chi connectivity index (χ3n) is 4.80. The molecule has 0 saturated heterocycles. The predicted molar refractivity (Wildman–Crippen MR) is 94.1 cm³/mol. The molecule has 2 N–H and O–H groups in total. The van der Waals surface area contributed by atoms with E-state index in [4.69, 9.17) is 4.74 Å². The van der Waals surface area contributed by atoms with Crippen LogP contribution in [0.2, 0.25) is 0 Å². The summed E-state index contributed by atoms with van der Waals surface area (Å²) in [6.45, 7) is 8.46. The van der Waals surface area contributed by atoms with Crippen molar-refractivity contribution in [3.63, 3.8) is 0 Å². The molecule has 1 unspecified atom stereocenters. The van der Waals surface area contributed by atoms with Crippen LogP contribution in [0.1, 0.15) is 51.5 Å². The Hall–Kier alpha value is -1.62. The van der Waals surface area contributed by atoms with E-state index >= 15 is 0 Å². The van der Waals surface area contributed by atoms with Crippen LogP contribution in [-0.2, 0) is 4.79 Å². The van der Waals surface area contributed by atoms with Crippen molar-refractivity contribution >= 4 is 5.91 Å². The van der Waals surface area contributed by atoms with Gasteiger partial charge in [-0.25, -0.2) is 0 Å². The van der Waals surface area contributed by atoms with E-state index in [-0.39, 0.29) is 17.4 Å². The predicted octanol–water partition coefficient (Wildman–Crippen LogP) is 2.48. The number of nitrogens with zero attached hydrogens (tertiary/aromatic N) is 1. The van der Waals surface area contributed by atoms with Crippen LogP contribution in [0, 0.1) is 11.8 Å². The average Bonchev–Trinajstić information content (AvgIpc) is 3.45. The lowest BCUT2D eigenvalue weighted by Crippen LogP contribution is -2.48. The largest absolute Gasteiger partial charge is 0.489 e. The van der Waals surface area contributed by atoms with Gasteiger partial charge in [0.2, 0.25) is 5.91 Å².